The number of thiophene rings is 1. The zero-order valence-corrected chi connectivity index (χ0v) is 14.0. The largest absolute Gasteiger partial charge is 0.399 e. The molecule has 2 N–H and O–H groups in total. The van der Waals surface area contributed by atoms with Gasteiger partial charge in [0.15, 0.2) is 0 Å². The van der Waals surface area contributed by atoms with Crippen molar-refractivity contribution in [2.75, 3.05) is 12.8 Å². The van der Waals surface area contributed by atoms with Crippen molar-refractivity contribution >= 4 is 27.0 Å². The summed E-state index contributed by atoms with van der Waals surface area (Å²) in [6.07, 6.45) is 0. The van der Waals surface area contributed by atoms with Gasteiger partial charge in [-0.2, -0.15) is 4.31 Å². The Bertz CT molecular complexity index is 723. The molecule has 0 saturated heterocycles. The minimum absolute atomic E-state index is 0.0385. The predicted molar refractivity (Wildman–Crippen MR) is 88.7 cm³/mol. The molecule has 21 heavy (non-hydrogen) atoms. The summed E-state index contributed by atoms with van der Waals surface area (Å²) < 4.78 is 26.5. The molecule has 0 saturated carbocycles. The van der Waals surface area contributed by atoms with Crippen LogP contribution >= 0.6 is 11.3 Å². The van der Waals surface area contributed by atoms with Crippen molar-refractivity contribution in [2.45, 2.75) is 25.6 Å². The van der Waals surface area contributed by atoms with Gasteiger partial charge in [0.2, 0.25) is 10.0 Å². The molecule has 1 aromatic carbocycles. The van der Waals surface area contributed by atoms with Crippen LogP contribution in [0.5, 0.6) is 0 Å². The number of aryl methyl sites for hydroxylation is 1. The summed E-state index contributed by atoms with van der Waals surface area (Å²) in [7, 11) is -1.76. The number of hydrogen-bond donors (Lipinski definition) is 1. The molecule has 0 spiro atoms. The Labute approximate surface area is 130 Å². The normalized spacial score (nSPS) is 13.5. The zero-order valence-electron chi connectivity index (χ0n) is 12.4. The number of sulfonamides is 1. The molecule has 1 unspecified atom stereocenters. The molecule has 0 aliphatic heterocycles. The molecular weight excluding hydrogens is 304 g/mol. The number of rotatable bonds is 5. The van der Waals surface area contributed by atoms with Gasteiger partial charge >= 0.3 is 0 Å². The average Bonchev–Trinajstić information content (AvgIpc) is 2.83. The fourth-order valence-corrected chi connectivity index (χ4v) is 4.53. The van der Waals surface area contributed by atoms with E-state index >= 15 is 0 Å². The molecule has 2 aromatic rings. The first-order valence-corrected chi connectivity index (χ1v) is 9.08. The predicted octanol–water partition coefficient (Wildman–Crippen LogP) is 3.16. The van der Waals surface area contributed by atoms with Crippen LogP contribution in [0.2, 0.25) is 0 Å². The Kier molecular flexibility index (Phi) is 4.70. The molecule has 0 aliphatic rings. The molecule has 0 radical (unpaired) electrons. The van der Waals surface area contributed by atoms with Crippen molar-refractivity contribution in [1.29, 1.82) is 0 Å². The summed E-state index contributed by atoms with van der Waals surface area (Å²) in [6, 6.07) is 10.8. The van der Waals surface area contributed by atoms with Crippen molar-refractivity contribution in [2.24, 2.45) is 0 Å². The van der Waals surface area contributed by atoms with E-state index in [9.17, 15) is 8.42 Å². The highest BCUT2D eigenvalue weighted by atomic mass is 32.2. The smallest absolute Gasteiger partial charge is 0.218 e. The highest BCUT2D eigenvalue weighted by Gasteiger charge is 2.25. The second kappa shape index (κ2) is 6.17. The van der Waals surface area contributed by atoms with Gasteiger partial charge in [0.25, 0.3) is 0 Å². The van der Waals surface area contributed by atoms with Gasteiger partial charge in [-0.1, -0.05) is 12.1 Å². The molecule has 1 heterocycles. The van der Waals surface area contributed by atoms with Crippen LogP contribution in [0, 0.1) is 6.92 Å². The van der Waals surface area contributed by atoms with Crippen LogP contribution in [0.4, 0.5) is 5.69 Å². The fourth-order valence-electron chi connectivity index (χ4n) is 2.09. The lowest BCUT2D eigenvalue weighted by atomic mass is 10.2. The van der Waals surface area contributed by atoms with Gasteiger partial charge < -0.3 is 5.73 Å². The van der Waals surface area contributed by atoms with Gasteiger partial charge in [0.05, 0.1) is 11.8 Å². The Hall–Kier alpha value is -1.37. The number of hydrogen-bond acceptors (Lipinski definition) is 4. The third-order valence-corrected chi connectivity index (χ3v) is 6.52. The van der Waals surface area contributed by atoms with E-state index in [-0.39, 0.29) is 11.8 Å². The summed E-state index contributed by atoms with van der Waals surface area (Å²) in [5.41, 5.74) is 6.98. The summed E-state index contributed by atoms with van der Waals surface area (Å²) in [6.45, 7) is 3.92. The highest BCUT2D eigenvalue weighted by Crippen LogP contribution is 2.29. The van der Waals surface area contributed by atoms with Gasteiger partial charge in [-0.05, 0) is 43.7 Å². The third-order valence-electron chi connectivity index (χ3n) is 3.46. The van der Waals surface area contributed by atoms with E-state index in [1.165, 1.54) is 9.18 Å². The summed E-state index contributed by atoms with van der Waals surface area (Å²) in [4.78, 5) is 2.23. The minimum Gasteiger partial charge on any atom is -0.399 e. The fraction of sp³-hybridized carbons (Fsp3) is 0.333. The van der Waals surface area contributed by atoms with Gasteiger partial charge in [0, 0.05) is 22.5 Å². The lowest BCUT2D eigenvalue weighted by Gasteiger charge is -2.23. The number of nitrogens with zero attached hydrogens (tertiary/aromatic N) is 1. The van der Waals surface area contributed by atoms with Gasteiger partial charge in [-0.3, -0.25) is 0 Å². The summed E-state index contributed by atoms with van der Waals surface area (Å²) in [5, 5.41) is 0. The third kappa shape index (κ3) is 3.84. The zero-order chi connectivity index (χ0) is 15.6. The molecule has 0 amide bonds. The standard InChI is InChI=1S/C15H20N2O2S2/c1-11-7-8-15(20-11)12(2)17(3)21(18,19)10-13-5-4-6-14(16)9-13/h4-9,12H,10,16H2,1-3H3. The Morgan fingerprint density at radius 1 is 1.29 bits per heavy atom. The summed E-state index contributed by atoms with van der Waals surface area (Å²) >= 11 is 1.62. The van der Waals surface area contributed by atoms with Crippen LogP contribution in [0.3, 0.4) is 0 Å². The number of benzene rings is 1. The molecule has 0 bridgehead atoms. The maximum Gasteiger partial charge on any atom is 0.218 e. The SMILES string of the molecule is Cc1ccc(C(C)N(C)S(=O)(=O)Cc2cccc(N)c2)s1. The van der Waals surface area contributed by atoms with Crippen molar-refractivity contribution in [3.05, 3.63) is 51.7 Å². The van der Waals surface area contributed by atoms with Crippen molar-refractivity contribution in [1.82, 2.24) is 4.31 Å². The first-order chi connectivity index (χ1) is 9.79. The number of nitrogen functional groups attached to an aromatic ring is 1. The second-order valence-electron chi connectivity index (χ2n) is 5.14. The number of anilines is 1. The quantitative estimate of drug-likeness (QED) is 0.859. The molecule has 114 valence electrons. The first kappa shape index (κ1) is 16.0. The topological polar surface area (TPSA) is 63.4 Å². The van der Waals surface area contributed by atoms with Crippen molar-refractivity contribution in [3.8, 4) is 0 Å². The molecule has 0 fully saturated rings. The molecule has 1 atom stereocenters. The minimum atomic E-state index is -3.38. The Morgan fingerprint density at radius 2 is 2.00 bits per heavy atom. The highest BCUT2D eigenvalue weighted by molar-refractivity contribution is 7.88. The van der Waals surface area contributed by atoms with Gasteiger partial charge in [0.1, 0.15) is 0 Å². The Balaban J connectivity index is 2.18. The molecule has 0 aliphatic carbocycles. The van der Waals surface area contributed by atoms with Crippen LogP contribution in [-0.2, 0) is 15.8 Å². The van der Waals surface area contributed by atoms with E-state index in [0.29, 0.717) is 11.3 Å². The average molecular weight is 324 g/mol. The molecule has 4 nitrogen and oxygen atoms in total. The lowest BCUT2D eigenvalue weighted by molar-refractivity contribution is 0.402. The Morgan fingerprint density at radius 3 is 2.57 bits per heavy atom. The maximum atomic E-state index is 12.5. The van der Waals surface area contributed by atoms with E-state index < -0.39 is 10.0 Å². The van der Waals surface area contributed by atoms with E-state index in [1.54, 1.807) is 42.6 Å². The van der Waals surface area contributed by atoms with E-state index in [4.69, 9.17) is 5.73 Å². The monoisotopic (exact) mass is 324 g/mol. The van der Waals surface area contributed by atoms with E-state index in [2.05, 4.69) is 0 Å². The van der Waals surface area contributed by atoms with Gasteiger partial charge in [-0.25, -0.2) is 8.42 Å². The number of nitrogens with two attached hydrogens (primary N) is 1. The molecule has 6 heteroatoms. The van der Waals surface area contributed by atoms with Crippen LogP contribution in [0.1, 0.15) is 28.3 Å². The molecular formula is C15H20N2O2S2. The van der Waals surface area contributed by atoms with E-state index in [0.717, 1.165) is 4.88 Å². The van der Waals surface area contributed by atoms with Crippen LogP contribution < -0.4 is 5.73 Å². The molecule has 2 rings (SSSR count). The first-order valence-electron chi connectivity index (χ1n) is 6.66. The van der Waals surface area contributed by atoms with Crippen LogP contribution in [-0.4, -0.2) is 19.8 Å². The van der Waals surface area contributed by atoms with Crippen LogP contribution in [0.15, 0.2) is 36.4 Å². The maximum absolute atomic E-state index is 12.5. The lowest BCUT2D eigenvalue weighted by Crippen LogP contribution is -2.30. The molecule has 1 aromatic heterocycles. The second-order valence-corrected chi connectivity index (χ2v) is 8.49. The summed E-state index contributed by atoms with van der Waals surface area (Å²) in [5.74, 6) is -0.0385. The van der Waals surface area contributed by atoms with Crippen molar-refractivity contribution in [3.63, 3.8) is 0 Å². The van der Waals surface area contributed by atoms with E-state index in [1.807, 2.05) is 26.0 Å². The van der Waals surface area contributed by atoms with Gasteiger partial charge in [-0.15, -0.1) is 11.3 Å². The van der Waals surface area contributed by atoms with Crippen molar-refractivity contribution < 1.29 is 8.42 Å². The van der Waals surface area contributed by atoms with Crippen LogP contribution in [0.25, 0.3) is 0 Å².